The maximum atomic E-state index is 12.7. The van der Waals surface area contributed by atoms with Gasteiger partial charge in [0.05, 0.1) is 5.56 Å². The second kappa shape index (κ2) is 11.8. The molecule has 0 heterocycles. The fraction of sp³-hybridized carbons (Fsp3) is 0.333. The number of nitrogens with one attached hydrogen (secondary N) is 1. The number of esters is 1. The van der Waals surface area contributed by atoms with Crippen LogP contribution in [0.1, 0.15) is 51.3 Å². The van der Waals surface area contributed by atoms with Crippen LogP contribution in [0.3, 0.4) is 0 Å². The Morgan fingerprint density at radius 1 is 0.769 bits per heavy atom. The number of halogens is 3. The van der Waals surface area contributed by atoms with Crippen molar-refractivity contribution in [2.75, 3.05) is 5.32 Å². The number of hydrogen-bond donors (Lipinski definition) is 1. The van der Waals surface area contributed by atoms with E-state index in [4.69, 9.17) is 14.2 Å². The van der Waals surface area contributed by atoms with Gasteiger partial charge in [-0.25, -0.2) is 9.59 Å². The molecule has 1 amide bonds. The zero-order chi connectivity index (χ0) is 28.8. The fourth-order valence-corrected chi connectivity index (χ4v) is 3.51. The molecule has 0 aliphatic carbocycles. The van der Waals surface area contributed by atoms with Crippen LogP contribution in [-0.2, 0) is 28.5 Å². The molecular formula is C30H32F3NO5. The standard InChI is InChI=1S/C30H32F3NO5/c1-28(2,3)39-26(35)29(4,5)38-24-17-11-20(12-18-24)9-10-21-7-6-8-25(19-21)37-27(36)34-23-15-13-22(14-16-23)30(31,32)33/h6-8,11-19H,9-10H2,1-5H3,(H,34,36). The predicted octanol–water partition coefficient (Wildman–Crippen LogP) is 7.60. The van der Waals surface area contributed by atoms with E-state index in [0.717, 1.165) is 35.4 Å². The molecule has 0 atom stereocenters. The maximum Gasteiger partial charge on any atom is 0.417 e. The van der Waals surface area contributed by atoms with E-state index in [1.165, 1.54) is 0 Å². The number of aryl methyl sites for hydroxylation is 2. The van der Waals surface area contributed by atoms with Crippen LogP contribution < -0.4 is 14.8 Å². The van der Waals surface area contributed by atoms with Gasteiger partial charge in [-0.15, -0.1) is 0 Å². The van der Waals surface area contributed by atoms with Crippen molar-refractivity contribution in [2.24, 2.45) is 0 Å². The minimum Gasteiger partial charge on any atom is -0.476 e. The minimum absolute atomic E-state index is 0.186. The molecule has 3 rings (SSSR count). The predicted molar refractivity (Wildman–Crippen MR) is 142 cm³/mol. The van der Waals surface area contributed by atoms with Gasteiger partial charge in [-0.1, -0.05) is 24.3 Å². The topological polar surface area (TPSA) is 73.9 Å². The van der Waals surface area contributed by atoms with E-state index in [1.807, 2.05) is 18.2 Å². The van der Waals surface area contributed by atoms with Crippen molar-refractivity contribution in [1.82, 2.24) is 0 Å². The number of alkyl halides is 3. The molecule has 9 heteroatoms. The Morgan fingerprint density at radius 3 is 1.97 bits per heavy atom. The summed E-state index contributed by atoms with van der Waals surface area (Å²) >= 11 is 0. The molecule has 3 aromatic rings. The van der Waals surface area contributed by atoms with Crippen molar-refractivity contribution in [1.29, 1.82) is 0 Å². The fourth-order valence-electron chi connectivity index (χ4n) is 3.51. The number of amides is 1. The molecule has 3 aromatic carbocycles. The van der Waals surface area contributed by atoms with Crippen LogP contribution in [0.4, 0.5) is 23.7 Å². The number of carbonyl (C=O) groups is 2. The summed E-state index contributed by atoms with van der Waals surface area (Å²) in [5, 5.41) is 2.42. The first-order chi connectivity index (χ1) is 18.1. The third kappa shape index (κ3) is 9.35. The zero-order valence-corrected chi connectivity index (χ0v) is 22.5. The van der Waals surface area contributed by atoms with E-state index in [2.05, 4.69) is 5.32 Å². The lowest BCUT2D eigenvalue weighted by molar-refractivity contribution is -0.170. The molecule has 0 unspecified atom stereocenters. The molecule has 1 N–H and O–H groups in total. The summed E-state index contributed by atoms with van der Waals surface area (Å²) in [4.78, 5) is 24.6. The normalized spacial score (nSPS) is 12.0. The van der Waals surface area contributed by atoms with Gasteiger partial charge < -0.3 is 14.2 Å². The van der Waals surface area contributed by atoms with Gasteiger partial charge in [0.15, 0.2) is 5.60 Å². The van der Waals surface area contributed by atoms with E-state index in [1.54, 1.807) is 65.0 Å². The van der Waals surface area contributed by atoms with Crippen LogP contribution in [0.5, 0.6) is 11.5 Å². The van der Waals surface area contributed by atoms with Crippen molar-refractivity contribution in [3.05, 3.63) is 89.5 Å². The van der Waals surface area contributed by atoms with E-state index < -0.39 is 35.0 Å². The molecule has 0 bridgehead atoms. The van der Waals surface area contributed by atoms with Crippen LogP contribution in [0.15, 0.2) is 72.8 Å². The summed E-state index contributed by atoms with van der Waals surface area (Å²) in [6.07, 6.45) is -3.89. The monoisotopic (exact) mass is 543 g/mol. The lowest BCUT2D eigenvalue weighted by Crippen LogP contribution is -2.43. The molecule has 0 aliphatic rings. The molecular weight excluding hydrogens is 511 g/mol. The first-order valence-electron chi connectivity index (χ1n) is 12.4. The Kier molecular flexibility index (Phi) is 8.94. The second-order valence-electron chi connectivity index (χ2n) is 10.5. The van der Waals surface area contributed by atoms with Crippen molar-refractivity contribution in [2.45, 2.75) is 64.8 Å². The number of rotatable bonds is 8. The summed E-state index contributed by atoms with van der Waals surface area (Å²) in [5.74, 6) is 0.406. The number of ether oxygens (including phenoxy) is 3. The first kappa shape index (κ1) is 29.5. The Hall–Kier alpha value is -4.01. The molecule has 208 valence electrons. The van der Waals surface area contributed by atoms with Crippen molar-refractivity contribution < 1.29 is 37.0 Å². The molecule has 39 heavy (non-hydrogen) atoms. The van der Waals surface area contributed by atoms with Gasteiger partial charge in [-0.2, -0.15) is 13.2 Å². The number of carbonyl (C=O) groups excluding carboxylic acids is 2. The highest BCUT2D eigenvalue weighted by molar-refractivity contribution is 5.86. The third-order valence-corrected chi connectivity index (χ3v) is 5.46. The molecule has 0 saturated carbocycles. The molecule has 0 fully saturated rings. The average molecular weight is 544 g/mol. The smallest absolute Gasteiger partial charge is 0.417 e. The third-order valence-electron chi connectivity index (χ3n) is 5.46. The first-order valence-corrected chi connectivity index (χ1v) is 12.4. The largest absolute Gasteiger partial charge is 0.476 e. The van der Waals surface area contributed by atoms with Gasteiger partial charge in [0.25, 0.3) is 0 Å². The molecule has 6 nitrogen and oxygen atoms in total. The summed E-state index contributed by atoms with van der Waals surface area (Å²) in [6.45, 7) is 8.72. The van der Waals surface area contributed by atoms with E-state index in [9.17, 15) is 22.8 Å². The lowest BCUT2D eigenvalue weighted by Gasteiger charge is -2.29. The van der Waals surface area contributed by atoms with E-state index in [-0.39, 0.29) is 5.69 Å². The highest BCUT2D eigenvalue weighted by Crippen LogP contribution is 2.30. The van der Waals surface area contributed by atoms with Crippen molar-refractivity contribution in [3.8, 4) is 11.5 Å². The van der Waals surface area contributed by atoms with Gasteiger partial charge >= 0.3 is 18.2 Å². The molecule has 0 saturated heterocycles. The maximum absolute atomic E-state index is 12.7. The number of hydrogen-bond acceptors (Lipinski definition) is 5. The zero-order valence-electron chi connectivity index (χ0n) is 22.5. The Morgan fingerprint density at radius 2 is 1.38 bits per heavy atom. The van der Waals surface area contributed by atoms with Gasteiger partial charge in [-0.05, 0) is 107 Å². The van der Waals surface area contributed by atoms with Crippen LogP contribution in [0.25, 0.3) is 0 Å². The van der Waals surface area contributed by atoms with Crippen LogP contribution in [-0.4, -0.2) is 23.3 Å². The molecule has 0 aromatic heterocycles. The SMILES string of the molecule is CC(C)(C)OC(=O)C(C)(C)Oc1ccc(CCc2cccc(OC(=O)Nc3ccc(C(F)(F)F)cc3)c2)cc1. The molecule has 0 radical (unpaired) electrons. The Bertz CT molecular complexity index is 1280. The van der Waals surface area contributed by atoms with Crippen LogP contribution in [0.2, 0.25) is 0 Å². The highest BCUT2D eigenvalue weighted by Gasteiger charge is 2.34. The number of anilines is 1. The van der Waals surface area contributed by atoms with Crippen LogP contribution >= 0.6 is 0 Å². The van der Waals surface area contributed by atoms with Gasteiger partial charge in [-0.3, -0.25) is 5.32 Å². The quantitative estimate of drug-likeness (QED) is 0.296. The number of benzene rings is 3. The lowest BCUT2D eigenvalue weighted by atomic mass is 10.0. The Labute approximate surface area is 226 Å². The second-order valence-corrected chi connectivity index (χ2v) is 10.5. The summed E-state index contributed by atoms with van der Waals surface area (Å²) < 4.78 is 54.7. The highest BCUT2D eigenvalue weighted by atomic mass is 19.4. The summed E-state index contributed by atoms with van der Waals surface area (Å²) in [6, 6.07) is 18.5. The summed E-state index contributed by atoms with van der Waals surface area (Å²) in [5.41, 5.74) is -0.398. The van der Waals surface area contributed by atoms with Crippen LogP contribution in [0, 0.1) is 0 Å². The van der Waals surface area contributed by atoms with Gasteiger partial charge in [0.2, 0.25) is 0 Å². The minimum atomic E-state index is -4.45. The van der Waals surface area contributed by atoms with Gasteiger partial charge in [0.1, 0.15) is 17.1 Å². The summed E-state index contributed by atoms with van der Waals surface area (Å²) in [7, 11) is 0. The van der Waals surface area contributed by atoms with E-state index in [0.29, 0.717) is 24.3 Å². The van der Waals surface area contributed by atoms with E-state index >= 15 is 0 Å². The van der Waals surface area contributed by atoms with Gasteiger partial charge in [0, 0.05) is 5.69 Å². The molecule has 0 aliphatic heterocycles. The van der Waals surface area contributed by atoms with Crippen molar-refractivity contribution >= 4 is 17.7 Å². The Balaban J connectivity index is 1.52. The average Bonchev–Trinajstić information content (AvgIpc) is 2.82. The van der Waals surface area contributed by atoms with Crippen molar-refractivity contribution in [3.63, 3.8) is 0 Å². The molecule has 0 spiro atoms.